The van der Waals surface area contributed by atoms with Crippen LogP contribution in [0, 0.1) is 24.2 Å². The molecule has 2 fully saturated rings. The van der Waals surface area contributed by atoms with Gasteiger partial charge in [0.1, 0.15) is 5.60 Å². The summed E-state index contributed by atoms with van der Waals surface area (Å²) in [7, 11) is 1.76. The normalized spacial score (nSPS) is 31.7. The molecule has 2 unspecified atom stereocenters. The van der Waals surface area contributed by atoms with Crippen LogP contribution in [0.3, 0.4) is 0 Å². The van der Waals surface area contributed by atoms with Crippen molar-refractivity contribution in [1.82, 2.24) is 20.0 Å². The van der Waals surface area contributed by atoms with Gasteiger partial charge in [-0.25, -0.2) is 0 Å². The van der Waals surface area contributed by atoms with E-state index in [1.54, 1.807) is 11.9 Å². The van der Waals surface area contributed by atoms with Crippen molar-refractivity contribution in [3.05, 3.63) is 29.6 Å². The third-order valence-corrected chi connectivity index (χ3v) is 5.66. The zero-order chi connectivity index (χ0) is 19.6. The lowest BCUT2D eigenvalue weighted by Crippen LogP contribution is -2.45. The third-order valence-electron chi connectivity index (χ3n) is 5.66. The van der Waals surface area contributed by atoms with Crippen LogP contribution >= 0.6 is 0 Å². The van der Waals surface area contributed by atoms with Gasteiger partial charge in [-0.3, -0.25) is 14.7 Å². The van der Waals surface area contributed by atoms with Crippen molar-refractivity contribution in [2.45, 2.75) is 45.9 Å². The van der Waals surface area contributed by atoms with Crippen LogP contribution < -0.4 is 0 Å². The van der Waals surface area contributed by atoms with Crippen LogP contribution in [0.15, 0.2) is 18.2 Å². The molecule has 1 N–H and O–H groups in total. The number of likely N-dealkylation sites (tertiary alicyclic amines) is 1. The minimum absolute atomic E-state index is 0.000760. The van der Waals surface area contributed by atoms with Gasteiger partial charge in [0, 0.05) is 19.3 Å². The number of fused-ring (bicyclic) bond motifs is 1. The number of nitrogens with one attached hydrogen (secondary N) is 1. The van der Waals surface area contributed by atoms with Crippen molar-refractivity contribution in [3.63, 3.8) is 0 Å². The monoisotopic (exact) mass is 372 g/mol. The molecule has 7 nitrogen and oxygen atoms in total. The number of rotatable bonds is 4. The lowest BCUT2D eigenvalue weighted by atomic mass is 9.76. The highest BCUT2D eigenvalue weighted by Crippen LogP contribution is 2.52. The minimum Gasteiger partial charge on any atom is -0.360 e. The Kier molecular flexibility index (Phi) is 4.00. The van der Waals surface area contributed by atoms with E-state index in [1.165, 1.54) is 0 Å². The minimum atomic E-state index is -0.642. The zero-order valence-corrected chi connectivity index (χ0v) is 16.7. The second-order valence-electron chi connectivity index (χ2n) is 9.39. The fraction of sp³-hybridized carbons (Fsp3) is 0.650. The van der Waals surface area contributed by atoms with Gasteiger partial charge in [0.15, 0.2) is 0 Å². The molecule has 2 saturated heterocycles. The van der Waals surface area contributed by atoms with Gasteiger partial charge in [-0.2, -0.15) is 5.10 Å². The SMILES string of the molecule is Cc1cc(CN(C)C(=O)C2C3C(=O)N(CC(C)(C)C)C[C@@]34C=C[C@@H]2O4)n[nH]1. The number of carbonyl (C=O) groups is 2. The molecule has 0 saturated carbocycles. The van der Waals surface area contributed by atoms with Crippen LogP contribution in [0.1, 0.15) is 32.2 Å². The summed E-state index contributed by atoms with van der Waals surface area (Å²) in [6, 6.07) is 1.92. The van der Waals surface area contributed by atoms with E-state index >= 15 is 0 Å². The highest BCUT2D eigenvalue weighted by molar-refractivity contribution is 5.93. The fourth-order valence-electron chi connectivity index (χ4n) is 4.70. The van der Waals surface area contributed by atoms with Crippen LogP contribution in [-0.2, 0) is 20.9 Å². The van der Waals surface area contributed by atoms with Gasteiger partial charge in [0.05, 0.1) is 36.7 Å². The maximum Gasteiger partial charge on any atom is 0.230 e. The number of aryl methyl sites for hydroxylation is 1. The quantitative estimate of drug-likeness (QED) is 0.813. The molecule has 1 aromatic heterocycles. The Hall–Kier alpha value is -2.15. The van der Waals surface area contributed by atoms with E-state index in [0.29, 0.717) is 19.6 Å². The van der Waals surface area contributed by atoms with Crippen LogP contribution in [0.4, 0.5) is 0 Å². The molecule has 2 amide bonds. The lowest BCUT2D eigenvalue weighted by Gasteiger charge is -2.29. The molecule has 1 aromatic rings. The lowest BCUT2D eigenvalue weighted by molar-refractivity contribution is -0.143. The number of nitrogens with zero attached hydrogens (tertiary/aromatic N) is 3. The van der Waals surface area contributed by atoms with Crippen LogP contribution in [-0.4, -0.2) is 63.7 Å². The van der Waals surface area contributed by atoms with Gasteiger partial charge in [0.25, 0.3) is 0 Å². The van der Waals surface area contributed by atoms with E-state index in [4.69, 9.17) is 4.74 Å². The maximum absolute atomic E-state index is 13.2. The number of ether oxygens (including phenoxy) is 1. The molecule has 3 aliphatic heterocycles. The average Bonchev–Trinajstić information content (AvgIpc) is 3.28. The van der Waals surface area contributed by atoms with E-state index in [0.717, 1.165) is 11.4 Å². The first kappa shape index (κ1) is 18.2. The van der Waals surface area contributed by atoms with Gasteiger partial charge in [-0.05, 0) is 18.4 Å². The van der Waals surface area contributed by atoms with E-state index in [9.17, 15) is 9.59 Å². The van der Waals surface area contributed by atoms with Gasteiger partial charge in [-0.1, -0.05) is 32.9 Å². The molecule has 2 bridgehead atoms. The molecule has 4 heterocycles. The summed E-state index contributed by atoms with van der Waals surface area (Å²) in [5.74, 6) is -0.898. The first-order chi connectivity index (χ1) is 12.6. The number of aromatic nitrogens is 2. The Bertz CT molecular complexity index is 808. The maximum atomic E-state index is 13.2. The summed E-state index contributed by atoms with van der Waals surface area (Å²) >= 11 is 0. The van der Waals surface area contributed by atoms with Crippen LogP contribution in [0.2, 0.25) is 0 Å². The summed E-state index contributed by atoms with van der Waals surface area (Å²) in [6.45, 7) is 9.88. The van der Waals surface area contributed by atoms with E-state index < -0.39 is 17.4 Å². The second-order valence-corrected chi connectivity index (χ2v) is 9.39. The third kappa shape index (κ3) is 2.98. The Morgan fingerprint density at radius 1 is 1.48 bits per heavy atom. The largest absolute Gasteiger partial charge is 0.360 e. The zero-order valence-electron chi connectivity index (χ0n) is 16.7. The molecule has 146 valence electrons. The summed E-state index contributed by atoms with van der Waals surface area (Å²) in [4.78, 5) is 29.9. The molecule has 4 rings (SSSR count). The molecular weight excluding hydrogens is 344 g/mol. The standard InChI is InChI=1S/C20H28N4O3/c1-12-8-13(22-21-12)9-23(5)17(25)15-14-6-7-20(27-14)11-24(10-19(2,3)4)18(26)16(15)20/h6-8,14-16H,9-11H2,1-5H3,(H,21,22)/t14-,15?,16?,20-/m0/s1. The number of hydrogen-bond acceptors (Lipinski definition) is 4. The topological polar surface area (TPSA) is 78.5 Å². The Labute approximate surface area is 159 Å². The second kappa shape index (κ2) is 5.92. The van der Waals surface area contributed by atoms with Crippen molar-refractivity contribution < 1.29 is 14.3 Å². The van der Waals surface area contributed by atoms with Crippen molar-refractivity contribution in [3.8, 4) is 0 Å². The van der Waals surface area contributed by atoms with E-state index in [-0.39, 0.29) is 23.3 Å². The predicted octanol–water partition coefficient (Wildman–Crippen LogP) is 1.50. The highest BCUT2D eigenvalue weighted by Gasteiger charge is 2.67. The number of H-pyrrole nitrogens is 1. The van der Waals surface area contributed by atoms with Gasteiger partial charge in [-0.15, -0.1) is 0 Å². The first-order valence-corrected chi connectivity index (χ1v) is 9.51. The predicted molar refractivity (Wildman–Crippen MR) is 99.6 cm³/mol. The summed E-state index contributed by atoms with van der Waals surface area (Å²) < 4.78 is 6.19. The molecule has 4 atom stereocenters. The number of hydrogen-bond donors (Lipinski definition) is 1. The molecule has 27 heavy (non-hydrogen) atoms. The van der Waals surface area contributed by atoms with Crippen LogP contribution in [0.5, 0.6) is 0 Å². The van der Waals surface area contributed by atoms with E-state index in [1.807, 2.05) is 30.0 Å². The molecule has 3 aliphatic rings. The van der Waals surface area contributed by atoms with Gasteiger partial charge < -0.3 is 14.5 Å². The van der Waals surface area contributed by atoms with Crippen molar-refractivity contribution in [2.24, 2.45) is 17.3 Å². The number of amides is 2. The smallest absolute Gasteiger partial charge is 0.230 e. The van der Waals surface area contributed by atoms with Crippen molar-refractivity contribution in [1.29, 1.82) is 0 Å². The first-order valence-electron chi connectivity index (χ1n) is 9.51. The highest BCUT2D eigenvalue weighted by atomic mass is 16.5. The average molecular weight is 372 g/mol. The van der Waals surface area contributed by atoms with E-state index in [2.05, 4.69) is 31.0 Å². The Morgan fingerprint density at radius 2 is 2.22 bits per heavy atom. The Balaban J connectivity index is 1.54. The molecule has 0 aliphatic carbocycles. The summed E-state index contributed by atoms with van der Waals surface area (Å²) in [5, 5.41) is 7.10. The van der Waals surface area contributed by atoms with Crippen LogP contribution in [0.25, 0.3) is 0 Å². The molecular formula is C20H28N4O3. The van der Waals surface area contributed by atoms with Crippen molar-refractivity contribution >= 4 is 11.8 Å². The number of carbonyl (C=O) groups excluding carboxylic acids is 2. The van der Waals surface area contributed by atoms with Crippen molar-refractivity contribution in [2.75, 3.05) is 20.1 Å². The fourth-order valence-corrected chi connectivity index (χ4v) is 4.70. The molecule has 7 heteroatoms. The molecule has 0 radical (unpaired) electrons. The molecule has 0 aromatic carbocycles. The van der Waals surface area contributed by atoms with Gasteiger partial charge in [0.2, 0.25) is 11.8 Å². The summed E-state index contributed by atoms with van der Waals surface area (Å²) in [5.41, 5.74) is 1.13. The number of aromatic amines is 1. The summed E-state index contributed by atoms with van der Waals surface area (Å²) in [6.07, 6.45) is 3.65. The Morgan fingerprint density at radius 3 is 2.85 bits per heavy atom. The van der Waals surface area contributed by atoms with Gasteiger partial charge >= 0.3 is 0 Å². The molecule has 1 spiro atoms.